The number of nitrogens with zero attached hydrogens (tertiary/aromatic N) is 4. The van der Waals surface area contributed by atoms with Gasteiger partial charge in [0.25, 0.3) is 0 Å². The van der Waals surface area contributed by atoms with Crippen LogP contribution in [-0.4, -0.2) is 40.1 Å². The third-order valence-electron chi connectivity index (χ3n) is 3.99. The first-order chi connectivity index (χ1) is 11.7. The predicted molar refractivity (Wildman–Crippen MR) is 94.9 cm³/mol. The van der Waals surface area contributed by atoms with Crippen molar-refractivity contribution in [2.75, 3.05) is 23.7 Å². The molecule has 0 bridgehead atoms. The fourth-order valence-corrected chi connectivity index (χ4v) is 2.87. The highest BCUT2D eigenvalue weighted by atomic mass is 15.1. The van der Waals surface area contributed by atoms with Crippen LogP contribution >= 0.6 is 0 Å². The van der Waals surface area contributed by atoms with E-state index in [0.29, 0.717) is 23.5 Å². The van der Waals surface area contributed by atoms with Crippen molar-refractivity contribution in [3.05, 3.63) is 18.0 Å². The molecule has 0 aliphatic carbocycles. The fourth-order valence-electron chi connectivity index (χ4n) is 2.87. The van der Waals surface area contributed by atoms with Gasteiger partial charge in [0.1, 0.15) is 17.3 Å². The van der Waals surface area contributed by atoms with Crippen molar-refractivity contribution in [1.29, 1.82) is 5.26 Å². The molecule has 0 amide bonds. The largest absolute Gasteiger partial charge is 0.366 e. The van der Waals surface area contributed by atoms with E-state index in [9.17, 15) is 0 Å². The molecule has 3 rings (SSSR count). The van der Waals surface area contributed by atoms with Crippen molar-refractivity contribution in [2.45, 2.75) is 45.2 Å². The van der Waals surface area contributed by atoms with Gasteiger partial charge in [0.2, 0.25) is 5.95 Å². The molecule has 1 aliphatic rings. The topological polar surface area (TPSA) is 98.5 Å². The first-order valence-electron chi connectivity index (χ1n) is 8.47. The molecular formula is C17H23N7. The van der Waals surface area contributed by atoms with Crippen LogP contribution in [0.4, 0.5) is 11.8 Å². The van der Waals surface area contributed by atoms with Crippen LogP contribution in [0.15, 0.2) is 12.3 Å². The normalized spacial score (nSPS) is 18.2. The Morgan fingerprint density at radius 3 is 3.00 bits per heavy atom. The lowest BCUT2D eigenvalue weighted by Crippen LogP contribution is -2.31. The van der Waals surface area contributed by atoms with Gasteiger partial charge >= 0.3 is 0 Å². The number of hydrogen-bond acceptors (Lipinski definition) is 7. The smallest absolute Gasteiger partial charge is 0.223 e. The van der Waals surface area contributed by atoms with E-state index in [4.69, 9.17) is 5.26 Å². The Morgan fingerprint density at radius 2 is 2.21 bits per heavy atom. The van der Waals surface area contributed by atoms with Gasteiger partial charge in [-0.25, -0.2) is 15.0 Å². The van der Waals surface area contributed by atoms with Gasteiger partial charge in [-0.1, -0.05) is 6.42 Å². The quantitative estimate of drug-likeness (QED) is 0.793. The van der Waals surface area contributed by atoms with Crippen molar-refractivity contribution in [3.8, 4) is 6.07 Å². The van der Waals surface area contributed by atoms with E-state index in [1.54, 1.807) is 12.3 Å². The molecule has 1 atom stereocenters. The third kappa shape index (κ3) is 3.89. The van der Waals surface area contributed by atoms with Gasteiger partial charge in [-0.2, -0.15) is 5.26 Å². The highest BCUT2D eigenvalue weighted by Crippen LogP contribution is 2.22. The van der Waals surface area contributed by atoms with Crippen molar-refractivity contribution < 1.29 is 0 Å². The van der Waals surface area contributed by atoms with Gasteiger partial charge in [-0.05, 0) is 39.3 Å². The average molecular weight is 325 g/mol. The highest BCUT2D eigenvalue weighted by molar-refractivity contribution is 5.89. The molecule has 126 valence electrons. The number of aromatic nitrogens is 3. The first kappa shape index (κ1) is 16.4. The molecule has 7 nitrogen and oxygen atoms in total. The molecule has 0 saturated carbocycles. The van der Waals surface area contributed by atoms with E-state index >= 15 is 0 Å². The number of fused-ring (bicyclic) bond motifs is 1. The van der Waals surface area contributed by atoms with Gasteiger partial charge in [0.15, 0.2) is 5.82 Å². The molecule has 0 spiro atoms. The second kappa shape index (κ2) is 7.41. The fraction of sp³-hybridized carbons (Fsp3) is 0.529. The molecule has 24 heavy (non-hydrogen) atoms. The van der Waals surface area contributed by atoms with Crippen molar-refractivity contribution in [1.82, 2.24) is 20.3 Å². The number of nitriles is 1. The van der Waals surface area contributed by atoms with E-state index in [-0.39, 0.29) is 6.04 Å². The van der Waals surface area contributed by atoms with Gasteiger partial charge in [-0.15, -0.1) is 0 Å². The number of nitrogens with one attached hydrogen (secondary N) is 3. The van der Waals surface area contributed by atoms with Crippen molar-refractivity contribution in [2.24, 2.45) is 0 Å². The molecule has 7 heteroatoms. The Hall–Kier alpha value is -2.46. The Bertz CT molecular complexity index is 742. The summed E-state index contributed by atoms with van der Waals surface area (Å²) in [5, 5.41) is 20.1. The maximum atomic E-state index is 9.15. The van der Waals surface area contributed by atoms with Crippen LogP contribution in [0.2, 0.25) is 0 Å². The van der Waals surface area contributed by atoms with Crippen LogP contribution in [0, 0.1) is 11.3 Å². The summed E-state index contributed by atoms with van der Waals surface area (Å²) in [6, 6.07) is 4.34. The van der Waals surface area contributed by atoms with Crippen LogP contribution in [0.25, 0.3) is 10.9 Å². The first-order valence-corrected chi connectivity index (χ1v) is 8.47. The van der Waals surface area contributed by atoms with E-state index in [1.165, 1.54) is 12.8 Å². The van der Waals surface area contributed by atoms with Gasteiger partial charge < -0.3 is 16.0 Å². The lowest BCUT2D eigenvalue weighted by molar-refractivity contribution is 0.631. The van der Waals surface area contributed by atoms with E-state index in [1.807, 2.05) is 13.8 Å². The predicted octanol–water partition coefficient (Wildman–Crippen LogP) is 2.27. The van der Waals surface area contributed by atoms with Crippen LogP contribution in [0.1, 0.15) is 38.8 Å². The van der Waals surface area contributed by atoms with Crippen LogP contribution in [0.5, 0.6) is 0 Å². The monoisotopic (exact) mass is 325 g/mol. The summed E-state index contributed by atoms with van der Waals surface area (Å²) in [5.41, 5.74) is 1.10. The summed E-state index contributed by atoms with van der Waals surface area (Å²) in [7, 11) is 0. The average Bonchev–Trinajstić information content (AvgIpc) is 2.83. The molecule has 1 fully saturated rings. The minimum Gasteiger partial charge on any atom is -0.366 e. The Kier molecular flexibility index (Phi) is 5.06. The number of pyridine rings is 1. The molecule has 2 aromatic heterocycles. The molecule has 3 heterocycles. The molecule has 1 saturated heterocycles. The van der Waals surface area contributed by atoms with Gasteiger partial charge in [-0.3, -0.25) is 0 Å². The molecule has 2 aromatic rings. The molecule has 3 N–H and O–H groups in total. The molecule has 1 aliphatic heterocycles. The minimum atomic E-state index is 0.201. The standard InChI is InChI=1S/C17H23N7/c1-11(2)21-16-15-12(7-14(8-18)22-16)9-20-17(24-15)23-13-5-3-4-6-19-10-13/h7,9,11,13,19H,3-6,10H2,1-2H3,(H,21,22)(H,20,23,24). The molecular weight excluding hydrogens is 302 g/mol. The SMILES string of the molecule is CC(C)Nc1nc(C#N)cc2cnc(NC3CCCCNC3)nc12. The second-order valence-corrected chi connectivity index (χ2v) is 6.44. The van der Waals surface area contributed by atoms with Gasteiger partial charge in [0, 0.05) is 30.2 Å². The number of hydrogen-bond donors (Lipinski definition) is 3. The van der Waals surface area contributed by atoms with E-state index < -0.39 is 0 Å². The lowest BCUT2D eigenvalue weighted by Gasteiger charge is -2.17. The summed E-state index contributed by atoms with van der Waals surface area (Å²) in [5.74, 6) is 1.23. The summed E-state index contributed by atoms with van der Waals surface area (Å²) in [6.45, 7) is 6.05. The maximum absolute atomic E-state index is 9.15. The zero-order chi connectivity index (χ0) is 16.9. The Labute approximate surface area is 141 Å². The minimum absolute atomic E-state index is 0.201. The summed E-state index contributed by atoms with van der Waals surface area (Å²) >= 11 is 0. The van der Waals surface area contributed by atoms with Crippen molar-refractivity contribution >= 4 is 22.7 Å². The van der Waals surface area contributed by atoms with E-state index in [0.717, 1.165) is 30.4 Å². The Morgan fingerprint density at radius 1 is 1.33 bits per heavy atom. The zero-order valence-electron chi connectivity index (χ0n) is 14.1. The van der Waals surface area contributed by atoms with Crippen molar-refractivity contribution in [3.63, 3.8) is 0 Å². The summed E-state index contributed by atoms with van der Waals surface area (Å²) in [4.78, 5) is 13.4. The summed E-state index contributed by atoms with van der Waals surface area (Å²) in [6.07, 6.45) is 5.27. The molecule has 0 radical (unpaired) electrons. The van der Waals surface area contributed by atoms with Crippen LogP contribution in [-0.2, 0) is 0 Å². The summed E-state index contributed by atoms with van der Waals surface area (Å²) < 4.78 is 0. The van der Waals surface area contributed by atoms with Gasteiger partial charge in [0.05, 0.1) is 0 Å². The molecule has 1 unspecified atom stereocenters. The van der Waals surface area contributed by atoms with E-state index in [2.05, 4.69) is 37.0 Å². The molecule has 0 aromatic carbocycles. The highest BCUT2D eigenvalue weighted by Gasteiger charge is 2.15. The zero-order valence-corrected chi connectivity index (χ0v) is 14.1. The number of anilines is 2. The van der Waals surface area contributed by atoms with Crippen LogP contribution < -0.4 is 16.0 Å². The number of rotatable bonds is 4. The second-order valence-electron chi connectivity index (χ2n) is 6.44. The maximum Gasteiger partial charge on any atom is 0.223 e. The Balaban J connectivity index is 1.92. The lowest BCUT2D eigenvalue weighted by atomic mass is 10.1. The third-order valence-corrected chi connectivity index (χ3v) is 3.99. The van der Waals surface area contributed by atoms with Crippen LogP contribution in [0.3, 0.4) is 0 Å².